The first-order valence-electron chi connectivity index (χ1n) is 5.65. The van der Waals surface area contributed by atoms with E-state index in [-0.39, 0.29) is 12.4 Å². The van der Waals surface area contributed by atoms with Crippen molar-refractivity contribution in [3.8, 4) is 5.75 Å². The predicted octanol–water partition coefficient (Wildman–Crippen LogP) is 2.02. The van der Waals surface area contributed by atoms with Gasteiger partial charge in [0.2, 0.25) is 6.29 Å². The van der Waals surface area contributed by atoms with Gasteiger partial charge in [0, 0.05) is 5.56 Å². The van der Waals surface area contributed by atoms with Gasteiger partial charge in [-0.2, -0.15) is 0 Å². The maximum Gasteiger partial charge on any atom is 0.226 e. The molecule has 3 nitrogen and oxygen atoms in total. The van der Waals surface area contributed by atoms with E-state index in [0.717, 1.165) is 16.8 Å². The van der Waals surface area contributed by atoms with Gasteiger partial charge in [-0.25, -0.2) is 0 Å². The Hall–Kier alpha value is -1.06. The molecule has 2 atom stereocenters. The predicted molar refractivity (Wildman–Crippen MR) is 63.1 cm³/mol. The largest absolute Gasteiger partial charge is 0.462 e. The summed E-state index contributed by atoms with van der Waals surface area (Å²) >= 11 is 0. The second-order valence-electron chi connectivity index (χ2n) is 5.42. The summed E-state index contributed by atoms with van der Waals surface area (Å²) in [6, 6.07) is 8.26. The van der Waals surface area contributed by atoms with Crippen molar-refractivity contribution in [1.29, 1.82) is 0 Å². The van der Waals surface area contributed by atoms with Gasteiger partial charge in [0.25, 0.3) is 0 Å². The molecule has 1 aliphatic heterocycles. The van der Waals surface area contributed by atoms with Gasteiger partial charge in [0.05, 0.1) is 21.1 Å². The minimum atomic E-state index is -0.0377. The molecule has 2 unspecified atom stereocenters. The molecule has 1 fully saturated rings. The van der Waals surface area contributed by atoms with Crippen LogP contribution in [0.1, 0.15) is 12.5 Å². The van der Waals surface area contributed by atoms with Crippen LogP contribution in [0.2, 0.25) is 0 Å². The normalized spacial score (nSPS) is 24.2. The van der Waals surface area contributed by atoms with Crippen LogP contribution in [0.5, 0.6) is 5.75 Å². The zero-order valence-corrected chi connectivity index (χ0v) is 10.4. The van der Waals surface area contributed by atoms with E-state index >= 15 is 0 Å². The molecule has 0 amide bonds. The lowest BCUT2D eigenvalue weighted by molar-refractivity contribution is -0.884. The van der Waals surface area contributed by atoms with Crippen molar-refractivity contribution in [2.24, 2.45) is 0 Å². The average Bonchev–Trinajstić information content (AvgIpc) is 2.83. The highest BCUT2D eigenvalue weighted by atomic mass is 16.8. The number of hydrogen-bond acceptors (Lipinski definition) is 2. The highest BCUT2D eigenvalue weighted by Gasteiger charge is 2.36. The highest BCUT2D eigenvalue weighted by molar-refractivity contribution is 5.27. The van der Waals surface area contributed by atoms with E-state index in [0.29, 0.717) is 0 Å². The molecule has 1 aromatic rings. The van der Waals surface area contributed by atoms with Crippen LogP contribution in [0.4, 0.5) is 0 Å². The molecule has 0 bridgehead atoms. The fourth-order valence-electron chi connectivity index (χ4n) is 1.65. The molecule has 0 aromatic heterocycles. The maximum atomic E-state index is 5.60. The second kappa shape index (κ2) is 4.07. The van der Waals surface area contributed by atoms with Gasteiger partial charge < -0.3 is 14.0 Å². The number of ether oxygens (including phenoxy) is 2. The van der Waals surface area contributed by atoms with E-state index in [9.17, 15) is 0 Å². The summed E-state index contributed by atoms with van der Waals surface area (Å²) in [7, 11) is 6.55. The van der Waals surface area contributed by atoms with Crippen LogP contribution in [0, 0.1) is 0 Å². The van der Waals surface area contributed by atoms with Gasteiger partial charge in [0.15, 0.2) is 0 Å². The van der Waals surface area contributed by atoms with E-state index in [1.54, 1.807) is 0 Å². The van der Waals surface area contributed by atoms with E-state index in [1.807, 2.05) is 19.1 Å². The molecule has 0 radical (unpaired) electrons. The fraction of sp³-hybridized carbons (Fsp3) is 0.538. The summed E-state index contributed by atoms with van der Waals surface area (Å²) in [6.07, 6.45) is 0.204. The minimum absolute atomic E-state index is 0.0377. The van der Waals surface area contributed by atoms with E-state index in [1.165, 1.54) is 5.56 Å². The molecule has 2 rings (SSSR count). The van der Waals surface area contributed by atoms with Gasteiger partial charge in [-0.1, -0.05) is 0 Å². The standard InChI is InChI=1S/C13H20NO2/c1-10-13(15-10)16-12-7-5-11(6-8-12)9-14(2,3)4/h5-8,10,13H,9H2,1-4H3/q+1. The highest BCUT2D eigenvalue weighted by Crippen LogP contribution is 2.25. The molecule has 0 spiro atoms. The Labute approximate surface area is 97.2 Å². The SMILES string of the molecule is CC1OC1Oc1ccc(C[N+](C)(C)C)cc1. The third-order valence-electron chi connectivity index (χ3n) is 2.49. The molecule has 3 heteroatoms. The summed E-state index contributed by atoms with van der Waals surface area (Å²) in [4.78, 5) is 0. The van der Waals surface area contributed by atoms with Gasteiger partial charge in [-0.05, 0) is 31.2 Å². The van der Waals surface area contributed by atoms with Crippen molar-refractivity contribution in [1.82, 2.24) is 0 Å². The van der Waals surface area contributed by atoms with Crippen molar-refractivity contribution >= 4 is 0 Å². The van der Waals surface area contributed by atoms with Crippen LogP contribution < -0.4 is 4.74 Å². The molecule has 0 N–H and O–H groups in total. The van der Waals surface area contributed by atoms with Crippen LogP contribution >= 0.6 is 0 Å². The third-order valence-corrected chi connectivity index (χ3v) is 2.49. The van der Waals surface area contributed by atoms with E-state index < -0.39 is 0 Å². The molecule has 0 saturated carbocycles. The first-order valence-corrected chi connectivity index (χ1v) is 5.65. The maximum absolute atomic E-state index is 5.60. The zero-order valence-electron chi connectivity index (χ0n) is 10.4. The van der Waals surface area contributed by atoms with Gasteiger partial charge >= 0.3 is 0 Å². The Balaban J connectivity index is 1.94. The van der Waals surface area contributed by atoms with Crippen LogP contribution in [0.25, 0.3) is 0 Å². The number of rotatable bonds is 4. The summed E-state index contributed by atoms with van der Waals surface area (Å²) in [5.41, 5.74) is 1.32. The molecule has 1 aliphatic rings. The van der Waals surface area contributed by atoms with Crippen LogP contribution in [0.15, 0.2) is 24.3 Å². The first-order chi connectivity index (χ1) is 7.44. The lowest BCUT2D eigenvalue weighted by Crippen LogP contribution is -2.33. The molecular formula is C13H20NO2+. The van der Waals surface area contributed by atoms with E-state index in [2.05, 4.69) is 33.3 Å². The molecule has 0 aliphatic carbocycles. The smallest absolute Gasteiger partial charge is 0.226 e. The Bertz CT molecular complexity index is 353. The monoisotopic (exact) mass is 222 g/mol. The lowest BCUT2D eigenvalue weighted by atomic mass is 10.2. The Morgan fingerprint density at radius 1 is 1.19 bits per heavy atom. The van der Waals surface area contributed by atoms with Crippen molar-refractivity contribution < 1.29 is 14.0 Å². The fourth-order valence-corrected chi connectivity index (χ4v) is 1.65. The minimum Gasteiger partial charge on any atom is -0.462 e. The van der Waals surface area contributed by atoms with Crippen molar-refractivity contribution in [2.45, 2.75) is 25.9 Å². The number of epoxide rings is 1. The topological polar surface area (TPSA) is 21.8 Å². The number of nitrogens with zero attached hydrogens (tertiary/aromatic N) is 1. The third kappa shape index (κ3) is 3.22. The average molecular weight is 222 g/mol. The van der Waals surface area contributed by atoms with Gasteiger partial charge in [-0.3, -0.25) is 0 Å². The summed E-state index contributed by atoms with van der Waals surface area (Å²) < 4.78 is 11.7. The van der Waals surface area contributed by atoms with Gasteiger partial charge in [-0.15, -0.1) is 0 Å². The molecule has 1 aromatic carbocycles. The molecule has 16 heavy (non-hydrogen) atoms. The summed E-state index contributed by atoms with van der Waals surface area (Å²) in [6.45, 7) is 3.03. The second-order valence-corrected chi connectivity index (χ2v) is 5.42. The Morgan fingerprint density at radius 3 is 2.19 bits per heavy atom. The van der Waals surface area contributed by atoms with Crippen LogP contribution in [-0.2, 0) is 11.3 Å². The first kappa shape index (κ1) is 11.4. The van der Waals surface area contributed by atoms with Crippen molar-refractivity contribution in [2.75, 3.05) is 21.1 Å². The molecule has 88 valence electrons. The van der Waals surface area contributed by atoms with Crippen LogP contribution in [0.3, 0.4) is 0 Å². The molecule has 1 heterocycles. The van der Waals surface area contributed by atoms with Crippen molar-refractivity contribution in [3.05, 3.63) is 29.8 Å². The number of quaternary nitrogens is 1. The Morgan fingerprint density at radius 2 is 1.75 bits per heavy atom. The lowest BCUT2D eigenvalue weighted by Gasteiger charge is -2.23. The molecular weight excluding hydrogens is 202 g/mol. The van der Waals surface area contributed by atoms with E-state index in [4.69, 9.17) is 9.47 Å². The van der Waals surface area contributed by atoms with Crippen molar-refractivity contribution in [3.63, 3.8) is 0 Å². The Kier molecular flexibility index (Phi) is 2.91. The summed E-state index contributed by atoms with van der Waals surface area (Å²) in [5, 5.41) is 0. The molecule has 1 saturated heterocycles. The quantitative estimate of drug-likeness (QED) is 0.574. The summed E-state index contributed by atoms with van der Waals surface area (Å²) in [5.74, 6) is 0.888. The zero-order chi connectivity index (χ0) is 11.8. The van der Waals surface area contributed by atoms with Gasteiger partial charge in [0.1, 0.15) is 18.4 Å². The number of benzene rings is 1. The number of hydrogen-bond donors (Lipinski definition) is 0. The van der Waals surface area contributed by atoms with Crippen LogP contribution in [-0.4, -0.2) is 38.0 Å².